The van der Waals surface area contributed by atoms with Crippen LogP contribution in [0.5, 0.6) is 5.75 Å². The van der Waals surface area contributed by atoms with Crippen LogP contribution >= 0.6 is 0 Å². The van der Waals surface area contributed by atoms with Gasteiger partial charge in [-0.2, -0.15) is 0 Å². The molecule has 0 unspecified atom stereocenters. The van der Waals surface area contributed by atoms with Gasteiger partial charge in [0, 0.05) is 16.5 Å². The first-order valence-electron chi connectivity index (χ1n) is 11.7. The summed E-state index contributed by atoms with van der Waals surface area (Å²) in [5, 5.41) is 15.0. The molecule has 0 spiro atoms. The lowest BCUT2D eigenvalue weighted by Crippen LogP contribution is -2.41. The smallest absolute Gasteiger partial charge is 0.270 e. The molecule has 1 aliphatic rings. The number of fused-ring (bicyclic) bond motifs is 2. The van der Waals surface area contributed by atoms with Crippen molar-refractivity contribution >= 4 is 22.7 Å². The van der Waals surface area contributed by atoms with E-state index in [4.69, 9.17) is 10.5 Å². The number of carbonyl (C=O) groups is 2. The number of carbonyl (C=O) groups excluding carboxylic acids is 2. The number of hydrogen-bond acceptors (Lipinski definition) is 6. The van der Waals surface area contributed by atoms with Crippen LogP contribution in [-0.4, -0.2) is 40.0 Å². The van der Waals surface area contributed by atoms with Crippen LogP contribution in [0.25, 0.3) is 22.2 Å². The molecule has 3 heterocycles. The van der Waals surface area contributed by atoms with Crippen LogP contribution < -0.4 is 15.8 Å². The number of benzene rings is 2. The molecule has 0 bridgehead atoms. The second-order valence-electron chi connectivity index (χ2n) is 9.57. The summed E-state index contributed by atoms with van der Waals surface area (Å²) in [4.78, 5) is 34.2. The Morgan fingerprint density at radius 2 is 1.86 bits per heavy atom. The van der Waals surface area contributed by atoms with Crippen molar-refractivity contribution in [2.24, 2.45) is 5.73 Å². The lowest BCUT2D eigenvalue weighted by atomic mass is 9.82. The van der Waals surface area contributed by atoms with Crippen LogP contribution in [0.2, 0.25) is 0 Å². The van der Waals surface area contributed by atoms with E-state index in [0.29, 0.717) is 28.1 Å². The Labute approximate surface area is 212 Å². The molecule has 188 valence electrons. The number of aromatic nitrogens is 2. The van der Waals surface area contributed by atoms with E-state index in [1.807, 2.05) is 24.3 Å². The van der Waals surface area contributed by atoms with Gasteiger partial charge in [-0.1, -0.05) is 24.3 Å². The zero-order chi connectivity index (χ0) is 26.4. The van der Waals surface area contributed by atoms with Gasteiger partial charge in [0.1, 0.15) is 40.6 Å². The molecule has 4 aromatic rings. The summed E-state index contributed by atoms with van der Waals surface area (Å²) in [5.41, 5.74) is 5.31. The van der Waals surface area contributed by atoms with Gasteiger partial charge in [0.15, 0.2) is 0 Å². The monoisotopic (exact) mass is 500 g/mol. The van der Waals surface area contributed by atoms with Crippen LogP contribution in [-0.2, 0) is 15.8 Å². The molecule has 0 saturated heterocycles. The number of nitrogens with zero attached hydrogens (tertiary/aromatic N) is 2. The summed E-state index contributed by atoms with van der Waals surface area (Å²) < 4.78 is 19.4. The van der Waals surface area contributed by atoms with Gasteiger partial charge in [-0.05, 0) is 56.3 Å². The summed E-state index contributed by atoms with van der Waals surface area (Å²) in [6.45, 7) is 2.97. The van der Waals surface area contributed by atoms with Crippen molar-refractivity contribution in [1.29, 1.82) is 0 Å². The van der Waals surface area contributed by atoms with Gasteiger partial charge in [-0.15, -0.1) is 0 Å². The normalized spacial score (nSPS) is 18.1. The van der Waals surface area contributed by atoms with E-state index in [2.05, 4.69) is 15.3 Å². The van der Waals surface area contributed by atoms with Crippen LogP contribution in [0.3, 0.4) is 0 Å². The number of aliphatic hydroxyl groups is 1. The van der Waals surface area contributed by atoms with Gasteiger partial charge in [-0.25, -0.2) is 14.4 Å². The quantitative estimate of drug-likeness (QED) is 0.373. The Hall–Kier alpha value is -4.37. The van der Waals surface area contributed by atoms with E-state index < -0.39 is 28.6 Å². The Balaban J connectivity index is 1.49. The molecule has 0 saturated carbocycles. The Morgan fingerprint density at radius 3 is 2.59 bits per heavy atom. The van der Waals surface area contributed by atoms with E-state index in [9.17, 15) is 19.1 Å². The summed E-state index contributed by atoms with van der Waals surface area (Å²) in [6, 6.07) is 18.1. The first-order chi connectivity index (χ1) is 17.6. The van der Waals surface area contributed by atoms with Crippen LogP contribution in [0.15, 0.2) is 66.7 Å². The number of ether oxygens (including phenoxy) is 1. The van der Waals surface area contributed by atoms with Gasteiger partial charge >= 0.3 is 0 Å². The molecule has 0 aliphatic carbocycles. The number of nitrogens with two attached hydrogens (primary N) is 1. The fourth-order valence-electron chi connectivity index (χ4n) is 4.29. The van der Waals surface area contributed by atoms with E-state index >= 15 is 0 Å². The third kappa shape index (κ3) is 4.38. The molecule has 9 heteroatoms. The third-order valence-electron chi connectivity index (χ3n) is 6.71. The van der Waals surface area contributed by atoms with Gasteiger partial charge in [0.25, 0.3) is 5.91 Å². The molecule has 2 amide bonds. The zero-order valence-corrected chi connectivity index (χ0v) is 20.3. The first-order valence-corrected chi connectivity index (χ1v) is 11.7. The number of pyridine rings is 2. The SMILES string of the molecule is C[C@](O)(CNC(=O)c1ccc2ccccc2n1)c1cc2c(c(-c3ccc(F)cc3)n1)OC[C@]2(C)C(N)=O. The fourth-order valence-corrected chi connectivity index (χ4v) is 4.29. The number of nitrogens with one attached hydrogen (secondary N) is 1. The fraction of sp³-hybridized carbons (Fsp3) is 0.214. The Kier molecular flexibility index (Phi) is 5.88. The average molecular weight is 501 g/mol. The highest BCUT2D eigenvalue weighted by molar-refractivity contribution is 5.95. The number of primary amides is 1. The molecular formula is C28H25FN4O4. The second-order valence-corrected chi connectivity index (χ2v) is 9.57. The second kappa shape index (κ2) is 8.94. The number of amides is 2. The third-order valence-corrected chi connectivity index (χ3v) is 6.71. The van der Waals surface area contributed by atoms with Crippen molar-refractivity contribution in [2.45, 2.75) is 24.9 Å². The maximum absolute atomic E-state index is 13.6. The topological polar surface area (TPSA) is 127 Å². The molecule has 8 nitrogen and oxygen atoms in total. The number of para-hydroxylation sites is 1. The van der Waals surface area contributed by atoms with Crippen molar-refractivity contribution in [3.63, 3.8) is 0 Å². The molecule has 0 radical (unpaired) electrons. The summed E-state index contributed by atoms with van der Waals surface area (Å²) >= 11 is 0. The zero-order valence-electron chi connectivity index (χ0n) is 20.3. The highest BCUT2D eigenvalue weighted by atomic mass is 19.1. The molecular weight excluding hydrogens is 475 g/mol. The minimum atomic E-state index is -1.64. The highest BCUT2D eigenvalue weighted by Crippen LogP contribution is 2.45. The molecule has 0 fully saturated rings. The van der Waals surface area contributed by atoms with E-state index in [0.717, 1.165) is 5.39 Å². The van der Waals surface area contributed by atoms with Crippen molar-refractivity contribution < 1.29 is 23.8 Å². The minimum Gasteiger partial charge on any atom is -0.489 e. The number of rotatable bonds is 6. The molecule has 37 heavy (non-hydrogen) atoms. The van der Waals surface area contributed by atoms with Crippen LogP contribution in [0.1, 0.15) is 35.6 Å². The molecule has 2 aromatic carbocycles. The number of halogens is 1. The summed E-state index contributed by atoms with van der Waals surface area (Å²) in [5.74, 6) is -1.13. The Bertz CT molecular complexity index is 1540. The predicted octanol–water partition coefficient (Wildman–Crippen LogP) is 3.21. The molecule has 5 rings (SSSR count). The van der Waals surface area contributed by atoms with Crippen LogP contribution in [0, 0.1) is 5.82 Å². The summed E-state index contributed by atoms with van der Waals surface area (Å²) in [6.07, 6.45) is 0. The highest BCUT2D eigenvalue weighted by Gasteiger charge is 2.45. The largest absolute Gasteiger partial charge is 0.489 e. The van der Waals surface area contributed by atoms with E-state index in [1.165, 1.54) is 31.2 Å². The maximum Gasteiger partial charge on any atom is 0.270 e. The number of hydrogen-bond donors (Lipinski definition) is 3. The van der Waals surface area contributed by atoms with Gasteiger partial charge < -0.3 is 20.9 Å². The predicted molar refractivity (Wildman–Crippen MR) is 135 cm³/mol. The first kappa shape index (κ1) is 24.3. The molecule has 1 aliphatic heterocycles. The lowest BCUT2D eigenvalue weighted by molar-refractivity contribution is -0.123. The Morgan fingerprint density at radius 1 is 1.14 bits per heavy atom. The van der Waals surface area contributed by atoms with Gasteiger partial charge in [-0.3, -0.25) is 9.59 Å². The van der Waals surface area contributed by atoms with Crippen molar-refractivity contribution in [3.8, 4) is 17.0 Å². The molecule has 4 N–H and O–H groups in total. The van der Waals surface area contributed by atoms with Gasteiger partial charge in [0.2, 0.25) is 5.91 Å². The van der Waals surface area contributed by atoms with Gasteiger partial charge in [0.05, 0.1) is 17.8 Å². The standard InChI is InChI=1S/C28H25FN4O4/c1-27(26(30)35)15-37-24-19(27)13-22(33-23(24)17-7-10-18(29)11-8-17)28(2,36)14-31-25(34)21-12-9-16-5-3-4-6-20(16)32-21/h3-13,36H,14-15H2,1-2H3,(H2,30,35)(H,31,34)/t27-,28-/m0/s1. The molecule has 2 aromatic heterocycles. The van der Waals surface area contributed by atoms with Crippen molar-refractivity contribution in [3.05, 3.63) is 89.5 Å². The maximum atomic E-state index is 13.6. The van der Waals surface area contributed by atoms with Crippen molar-refractivity contribution in [2.75, 3.05) is 13.2 Å². The average Bonchev–Trinajstić information content (AvgIpc) is 3.25. The van der Waals surface area contributed by atoms with Crippen molar-refractivity contribution in [1.82, 2.24) is 15.3 Å². The van der Waals surface area contributed by atoms with E-state index in [1.54, 1.807) is 25.1 Å². The molecule has 2 atom stereocenters. The minimum absolute atomic E-state index is 0.00348. The lowest BCUT2D eigenvalue weighted by Gasteiger charge is -2.26. The van der Waals surface area contributed by atoms with Crippen LogP contribution in [0.4, 0.5) is 4.39 Å². The summed E-state index contributed by atoms with van der Waals surface area (Å²) in [7, 11) is 0. The van der Waals surface area contributed by atoms with E-state index in [-0.39, 0.29) is 24.5 Å².